The van der Waals surface area contributed by atoms with Crippen LogP contribution in [-0.4, -0.2) is 0 Å². The van der Waals surface area contributed by atoms with E-state index >= 15 is 0 Å². The molecule has 0 heterocycles. The lowest BCUT2D eigenvalue weighted by Gasteiger charge is -2.27. The molecule has 0 aromatic heterocycles. The van der Waals surface area contributed by atoms with Crippen molar-refractivity contribution in [1.82, 2.24) is 0 Å². The van der Waals surface area contributed by atoms with Crippen molar-refractivity contribution in [3.63, 3.8) is 0 Å². The van der Waals surface area contributed by atoms with Crippen molar-refractivity contribution in [3.8, 4) is 0 Å². The maximum absolute atomic E-state index is 5.65. The maximum Gasteiger partial charge on any atom is 0.0314 e. The molecule has 2 N–H and O–H groups in total. The van der Waals surface area contributed by atoms with Crippen LogP contribution in [0.25, 0.3) is 0 Å². The molecule has 0 aliphatic heterocycles. The quantitative estimate of drug-likeness (QED) is 0.704. The van der Waals surface area contributed by atoms with Gasteiger partial charge in [0.05, 0.1) is 0 Å². The van der Waals surface area contributed by atoms with Crippen LogP contribution >= 0.6 is 0 Å². The third-order valence-corrected chi connectivity index (χ3v) is 3.17. The monoisotopic (exact) mass is 177 g/mol. The predicted octanol–water partition coefficient (Wildman–Crippen LogP) is 3.35. The Kier molecular flexibility index (Phi) is 2.97. The van der Waals surface area contributed by atoms with Crippen LogP contribution < -0.4 is 5.73 Å². The predicted molar refractivity (Wildman–Crippen MR) is 58.8 cm³/mol. The van der Waals surface area contributed by atoms with E-state index in [1.165, 1.54) is 18.4 Å². The Balaban J connectivity index is 2.99. The first kappa shape index (κ1) is 10.1. The van der Waals surface area contributed by atoms with Crippen LogP contribution in [0.2, 0.25) is 0 Å². The molecule has 0 bridgehead atoms. The summed E-state index contributed by atoms with van der Waals surface area (Å²) in [7, 11) is 0. The molecule has 0 saturated heterocycles. The summed E-state index contributed by atoms with van der Waals surface area (Å²) in [5, 5.41) is 0. The van der Waals surface area contributed by atoms with E-state index in [0.29, 0.717) is 5.41 Å². The highest BCUT2D eigenvalue weighted by Crippen LogP contribution is 2.30. The van der Waals surface area contributed by atoms with Crippen molar-refractivity contribution in [1.29, 1.82) is 0 Å². The Morgan fingerprint density at radius 1 is 1.08 bits per heavy atom. The Hall–Kier alpha value is -0.980. The normalized spacial score (nSPS) is 11.6. The van der Waals surface area contributed by atoms with Crippen LogP contribution in [0.4, 0.5) is 5.69 Å². The van der Waals surface area contributed by atoms with Crippen molar-refractivity contribution in [2.45, 2.75) is 39.0 Å². The van der Waals surface area contributed by atoms with Gasteiger partial charge in [0.25, 0.3) is 0 Å². The zero-order valence-corrected chi connectivity index (χ0v) is 8.80. The molecule has 1 rings (SSSR count). The van der Waals surface area contributed by atoms with Crippen molar-refractivity contribution in [3.05, 3.63) is 29.8 Å². The van der Waals surface area contributed by atoms with Gasteiger partial charge in [0, 0.05) is 5.69 Å². The lowest BCUT2D eigenvalue weighted by atomic mass is 9.78. The number of rotatable bonds is 3. The Morgan fingerprint density at radius 2 is 1.54 bits per heavy atom. The van der Waals surface area contributed by atoms with E-state index in [4.69, 9.17) is 5.73 Å². The number of anilines is 1. The van der Waals surface area contributed by atoms with Gasteiger partial charge in [-0.1, -0.05) is 32.9 Å². The zero-order chi connectivity index (χ0) is 9.90. The van der Waals surface area contributed by atoms with Crippen LogP contribution in [0.15, 0.2) is 24.3 Å². The zero-order valence-electron chi connectivity index (χ0n) is 8.80. The highest BCUT2D eigenvalue weighted by Gasteiger charge is 2.21. The molecule has 0 fully saturated rings. The summed E-state index contributed by atoms with van der Waals surface area (Å²) >= 11 is 0. The minimum Gasteiger partial charge on any atom is -0.399 e. The second-order valence-electron chi connectivity index (χ2n) is 3.89. The molecule has 1 nitrogen and oxygen atoms in total. The van der Waals surface area contributed by atoms with E-state index in [-0.39, 0.29) is 0 Å². The van der Waals surface area contributed by atoms with Gasteiger partial charge in [0.2, 0.25) is 0 Å². The lowest BCUT2D eigenvalue weighted by Crippen LogP contribution is -2.19. The van der Waals surface area contributed by atoms with Gasteiger partial charge in [-0.15, -0.1) is 0 Å². The molecule has 1 aromatic carbocycles. The maximum atomic E-state index is 5.65. The fraction of sp³-hybridized carbons (Fsp3) is 0.500. The van der Waals surface area contributed by atoms with Crippen molar-refractivity contribution < 1.29 is 0 Å². The van der Waals surface area contributed by atoms with Gasteiger partial charge in [-0.05, 0) is 36.0 Å². The molecule has 0 radical (unpaired) electrons. The van der Waals surface area contributed by atoms with Crippen LogP contribution in [0.5, 0.6) is 0 Å². The molecule has 0 amide bonds. The number of hydrogen-bond acceptors (Lipinski definition) is 1. The first-order chi connectivity index (χ1) is 6.12. The lowest BCUT2D eigenvalue weighted by molar-refractivity contribution is 0.439. The van der Waals surface area contributed by atoms with E-state index in [1.54, 1.807) is 0 Å². The van der Waals surface area contributed by atoms with Gasteiger partial charge in [0.15, 0.2) is 0 Å². The standard InChI is InChI=1S/C12H19N/c1-4-12(3,5-2)10-6-8-11(13)9-7-10/h6-9H,4-5,13H2,1-3H3. The second-order valence-corrected chi connectivity index (χ2v) is 3.89. The SMILES string of the molecule is CCC(C)(CC)c1ccc(N)cc1. The van der Waals surface area contributed by atoms with Gasteiger partial charge in [-0.3, -0.25) is 0 Å². The molecular weight excluding hydrogens is 158 g/mol. The Morgan fingerprint density at radius 3 is 1.92 bits per heavy atom. The molecule has 0 aliphatic carbocycles. The van der Waals surface area contributed by atoms with E-state index in [0.717, 1.165) is 5.69 Å². The minimum absolute atomic E-state index is 0.313. The summed E-state index contributed by atoms with van der Waals surface area (Å²) in [6.07, 6.45) is 2.35. The van der Waals surface area contributed by atoms with Crippen molar-refractivity contribution >= 4 is 5.69 Å². The molecular formula is C12H19N. The summed E-state index contributed by atoms with van der Waals surface area (Å²) < 4.78 is 0. The van der Waals surface area contributed by atoms with Crippen molar-refractivity contribution in [2.75, 3.05) is 5.73 Å². The first-order valence-electron chi connectivity index (χ1n) is 4.98. The molecule has 13 heavy (non-hydrogen) atoms. The summed E-state index contributed by atoms with van der Waals surface area (Å²) in [6, 6.07) is 8.25. The number of nitrogen functional groups attached to an aromatic ring is 1. The molecule has 72 valence electrons. The fourth-order valence-electron chi connectivity index (χ4n) is 1.54. The van der Waals surface area contributed by atoms with Crippen LogP contribution in [0.3, 0.4) is 0 Å². The van der Waals surface area contributed by atoms with Crippen LogP contribution in [-0.2, 0) is 5.41 Å². The van der Waals surface area contributed by atoms with Gasteiger partial charge in [-0.2, -0.15) is 0 Å². The molecule has 0 unspecified atom stereocenters. The van der Waals surface area contributed by atoms with Gasteiger partial charge < -0.3 is 5.73 Å². The third kappa shape index (κ3) is 2.03. The largest absolute Gasteiger partial charge is 0.399 e. The molecule has 0 saturated carbocycles. The summed E-state index contributed by atoms with van der Waals surface area (Å²) in [6.45, 7) is 6.78. The van der Waals surface area contributed by atoms with Crippen LogP contribution in [0.1, 0.15) is 39.2 Å². The molecule has 1 heteroatoms. The molecule has 1 aromatic rings. The number of benzene rings is 1. The van der Waals surface area contributed by atoms with E-state index in [9.17, 15) is 0 Å². The second kappa shape index (κ2) is 3.82. The topological polar surface area (TPSA) is 26.0 Å². The highest BCUT2D eigenvalue weighted by atomic mass is 14.5. The smallest absolute Gasteiger partial charge is 0.0314 e. The highest BCUT2D eigenvalue weighted by molar-refractivity contribution is 5.41. The summed E-state index contributed by atoms with van der Waals surface area (Å²) in [5.41, 5.74) is 8.21. The third-order valence-electron chi connectivity index (χ3n) is 3.17. The van der Waals surface area contributed by atoms with Crippen molar-refractivity contribution in [2.24, 2.45) is 0 Å². The molecule has 0 aliphatic rings. The molecule has 0 atom stereocenters. The Bertz CT molecular complexity index is 257. The summed E-state index contributed by atoms with van der Waals surface area (Å²) in [4.78, 5) is 0. The van der Waals surface area contributed by atoms with E-state index in [2.05, 4.69) is 32.9 Å². The van der Waals surface area contributed by atoms with Gasteiger partial charge >= 0.3 is 0 Å². The number of hydrogen-bond donors (Lipinski definition) is 1. The minimum atomic E-state index is 0.313. The summed E-state index contributed by atoms with van der Waals surface area (Å²) in [5.74, 6) is 0. The average molecular weight is 177 g/mol. The van der Waals surface area contributed by atoms with Crippen LogP contribution in [0, 0.1) is 0 Å². The van der Waals surface area contributed by atoms with E-state index < -0.39 is 0 Å². The average Bonchev–Trinajstić information content (AvgIpc) is 2.18. The van der Waals surface area contributed by atoms with E-state index in [1.807, 2.05) is 12.1 Å². The fourth-order valence-corrected chi connectivity index (χ4v) is 1.54. The first-order valence-corrected chi connectivity index (χ1v) is 4.98. The molecule has 0 spiro atoms. The van der Waals surface area contributed by atoms with Gasteiger partial charge in [0.1, 0.15) is 0 Å². The number of nitrogens with two attached hydrogens (primary N) is 1. The Labute approximate surface area is 81.0 Å². The van der Waals surface area contributed by atoms with Gasteiger partial charge in [-0.25, -0.2) is 0 Å².